The summed E-state index contributed by atoms with van der Waals surface area (Å²) in [6, 6.07) is 4.67. The first-order valence-electron chi connectivity index (χ1n) is 5.19. The summed E-state index contributed by atoms with van der Waals surface area (Å²) in [4.78, 5) is 22.0. The van der Waals surface area contributed by atoms with Crippen LogP contribution in [0.1, 0.15) is 16.1 Å². The fourth-order valence-electron chi connectivity index (χ4n) is 1.47. The number of carbonyl (C=O) groups excluding carboxylic acids is 1. The van der Waals surface area contributed by atoms with Crippen molar-refractivity contribution in [3.05, 3.63) is 45.7 Å². The number of nitrogens with zero attached hydrogens (tertiary/aromatic N) is 2. The number of aromatic hydroxyl groups is 1. The van der Waals surface area contributed by atoms with Crippen LogP contribution < -0.4 is 5.32 Å². The number of aryl methyl sites for hydroxylation is 1. The first kappa shape index (κ1) is 12.6. The lowest BCUT2D eigenvalue weighted by molar-refractivity contribution is -0.385. The van der Waals surface area contributed by atoms with Gasteiger partial charge in [-0.1, -0.05) is 5.16 Å². The molecule has 98 valence electrons. The molecule has 0 radical (unpaired) electrons. The molecule has 8 heteroatoms. The molecule has 0 aliphatic heterocycles. The first-order chi connectivity index (χ1) is 8.97. The summed E-state index contributed by atoms with van der Waals surface area (Å²) in [6.07, 6.45) is 0. The van der Waals surface area contributed by atoms with Crippen LogP contribution in [-0.4, -0.2) is 21.1 Å². The summed E-state index contributed by atoms with van der Waals surface area (Å²) >= 11 is 0. The van der Waals surface area contributed by atoms with Gasteiger partial charge < -0.3 is 14.9 Å². The Bertz CT molecular complexity index is 650. The number of rotatable bonds is 3. The van der Waals surface area contributed by atoms with E-state index in [1.165, 1.54) is 6.07 Å². The smallest absolute Gasteiger partial charge is 0.282 e. The third-order valence-electron chi connectivity index (χ3n) is 2.29. The summed E-state index contributed by atoms with van der Waals surface area (Å²) in [5.41, 5.74) is -0.666. The van der Waals surface area contributed by atoms with Crippen molar-refractivity contribution >= 4 is 17.4 Å². The van der Waals surface area contributed by atoms with E-state index in [-0.39, 0.29) is 17.1 Å². The number of carbonyl (C=O) groups is 1. The largest absolute Gasteiger partial charge is 0.508 e. The normalized spacial score (nSPS) is 10.2. The van der Waals surface area contributed by atoms with E-state index in [0.717, 1.165) is 18.2 Å². The molecule has 19 heavy (non-hydrogen) atoms. The molecule has 0 saturated carbocycles. The van der Waals surface area contributed by atoms with E-state index in [4.69, 9.17) is 4.52 Å². The molecule has 0 bridgehead atoms. The molecule has 0 atom stereocenters. The van der Waals surface area contributed by atoms with Crippen molar-refractivity contribution in [2.75, 3.05) is 5.32 Å². The molecular formula is C11H9N3O5. The Labute approximate surface area is 106 Å². The Hall–Kier alpha value is -2.90. The van der Waals surface area contributed by atoms with Crippen LogP contribution in [0.15, 0.2) is 28.8 Å². The van der Waals surface area contributed by atoms with Gasteiger partial charge in [-0.3, -0.25) is 14.9 Å². The van der Waals surface area contributed by atoms with E-state index in [0.29, 0.717) is 5.76 Å². The van der Waals surface area contributed by atoms with E-state index < -0.39 is 16.5 Å². The second-order valence-corrected chi connectivity index (χ2v) is 3.74. The molecule has 0 unspecified atom stereocenters. The van der Waals surface area contributed by atoms with Crippen LogP contribution in [0.4, 0.5) is 11.5 Å². The highest BCUT2D eigenvalue weighted by atomic mass is 16.6. The Morgan fingerprint density at radius 3 is 2.79 bits per heavy atom. The van der Waals surface area contributed by atoms with Crippen LogP contribution in [0.3, 0.4) is 0 Å². The molecule has 2 rings (SSSR count). The number of nitrogens with one attached hydrogen (secondary N) is 1. The van der Waals surface area contributed by atoms with Crippen molar-refractivity contribution in [3.63, 3.8) is 0 Å². The highest BCUT2D eigenvalue weighted by Gasteiger charge is 2.21. The Kier molecular flexibility index (Phi) is 3.15. The lowest BCUT2D eigenvalue weighted by atomic mass is 10.1. The quantitative estimate of drug-likeness (QED) is 0.644. The molecular weight excluding hydrogens is 254 g/mol. The molecule has 1 amide bonds. The fraction of sp³-hybridized carbons (Fsp3) is 0.0909. The second-order valence-electron chi connectivity index (χ2n) is 3.74. The first-order valence-corrected chi connectivity index (χ1v) is 5.19. The zero-order valence-electron chi connectivity index (χ0n) is 9.78. The summed E-state index contributed by atoms with van der Waals surface area (Å²) in [7, 11) is 0. The summed E-state index contributed by atoms with van der Waals surface area (Å²) in [6.45, 7) is 1.64. The maximum absolute atomic E-state index is 11.9. The lowest BCUT2D eigenvalue weighted by Crippen LogP contribution is -2.14. The minimum atomic E-state index is -0.754. The summed E-state index contributed by atoms with van der Waals surface area (Å²) < 4.78 is 4.75. The molecule has 0 aliphatic carbocycles. The van der Waals surface area contributed by atoms with Crippen LogP contribution in [0, 0.1) is 17.0 Å². The van der Waals surface area contributed by atoms with Crippen LogP contribution >= 0.6 is 0 Å². The fourth-order valence-corrected chi connectivity index (χ4v) is 1.47. The number of amides is 1. The Morgan fingerprint density at radius 2 is 2.21 bits per heavy atom. The third kappa shape index (κ3) is 2.68. The predicted octanol–water partition coefficient (Wildman–Crippen LogP) is 1.85. The molecule has 1 aromatic carbocycles. The zero-order chi connectivity index (χ0) is 14.0. The Morgan fingerprint density at radius 1 is 1.47 bits per heavy atom. The number of anilines is 1. The van der Waals surface area contributed by atoms with Crippen molar-refractivity contribution in [1.29, 1.82) is 0 Å². The number of phenolic OH excluding ortho intramolecular Hbond substituents is 1. The summed E-state index contributed by atoms with van der Waals surface area (Å²) in [5, 5.41) is 26.0. The van der Waals surface area contributed by atoms with Gasteiger partial charge in [-0.05, 0) is 19.1 Å². The number of benzene rings is 1. The average molecular weight is 263 g/mol. The maximum atomic E-state index is 11.9. The third-order valence-corrected chi connectivity index (χ3v) is 2.29. The van der Waals surface area contributed by atoms with Crippen molar-refractivity contribution < 1.29 is 19.3 Å². The highest BCUT2D eigenvalue weighted by Crippen LogP contribution is 2.24. The van der Waals surface area contributed by atoms with Gasteiger partial charge in [0, 0.05) is 12.1 Å². The summed E-state index contributed by atoms with van der Waals surface area (Å²) in [5.74, 6) is -0.371. The molecule has 2 N–H and O–H groups in total. The van der Waals surface area contributed by atoms with E-state index in [1.807, 2.05) is 0 Å². The van der Waals surface area contributed by atoms with E-state index in [9.17, 15) is 20.0 Å². The second kappa shape index (κ2) is 4.77. The molecule has 0 saturated heterocycles. The van der Waals surface area contributed by atoms with Crippen LogP contribution in [-0.2, 0) is 0 Å². The van der Waals surface area contributed by atoms with Gasteiger partial charge in [-0.15, -0.1) is 0 Å². The van der Waals surface area contributed by atoms with Crippen molar-refractivity contribution in [2.24, 2.45) is 0 Å². The number of nitro groups is 1. The van der Waals surface area contributed by atoms with Gasteiger partial charge in [0.05, 0.1) is 4.92 Å². The van der Waals surface area contributed by atoms with E-state index in [2.05, 4.69) is 10.5 Å². The van der Waals surface area contributed by atoms with Crippen LogP contribution in [0.2, 0.25) is 0 Å². The van der Waals surface area contributed by atoms with E-state index in [1.54, 1.807) is 6.92 Å². The monoisotopic (exact) mass is 263 g/mol. The maximum Gasteiger partial charge on any atom is 0.282 e. The molecule has 0 spiro atoms. The van der Waals surface area contributed by atoms with Gasteiger partial charge in [-0.25, -0.2) is 0 Å². The van der Waals surface area contributed by atoms with Gasteiger partial charge in [0.1, 0.15) is 17.1 Å². The molecule has 0 fully saturated rings. The minimum Gasteiger partial charge on any atom is -0.508 e. The zero-order valence-corrected chi connectivity index (χ0v) is 9.78. The predicted molar refractivity (Wildman–Crippen MR) is 64.0 cm³/mol. The standard InChI is InChI=1S/C11H9N3O5/c1-6-4-10(13-19-6)12-11(16)8-5-7(15)2-3-9(8)14(17)18/h2-5,15H,1H3,(H,12,13,16). The van der Waals surface area contributed by atoms with Gasteiger partial charge in [0.15, 0.2) is 5.82 Å². The molecule has 0 aliphatic rings. The topological polar surface area (TPSA) is 118 Å². The molecule has 1 aromatic heterocycles. The van der Waals surface area contributed by atoms with Gasteiger partial charge >= 0.3 is 0 Å². The highest BCUT2D eigenvalue weighted by molar-refractivity contribution is 6.06. The number of aromatic nitrogens is 1. The average Bonchev–Trinajstić information content (AvgIpc) is 2.74. The van der Waals surface area contributed by atoms with Crippen LogP contribution in [0.5, 0.6) is 5.75 Å². The number of nitro benzene ring substituents is 1. The molecule has 1 heterocycles. The van der Waals surface area contributed by atoms with Crippen molar-refractivity contribution in [3.8, 4) is 5.75 Å². The van der Waals surface area contributed by atoms with Crippen molar-refractivity contribution in [2.45, 2.75) is 6.92 Å². The van der Waals surface area contributed by atoms with Crippen LogP contribution in [0.25, 0.3) is 0 Å². The van der Waals surface area contributed by atoms with Gasteiger partial charge in [-0.2, -0.15) is 0 Å². The number of phenols is 1. The van der Waals surface area contributed by atoms with Gasteiger partial charge in [0.25, 0.3) is 11.6 Å². The molecule has 8 nitrogen and oxygen atoms in total. The number of hydrogen-bond donors (Lipinski definition) is 2. The SMILES string of the molecule is Cc1cc(NC(=O)c2cc(O)ccc2[N+](=O)[O-])no1. The molecule has 2 aromatic rings. The minimum absolute atomic E-state index is 0.139. The van der Waals surface area contributed by atoms with Crippen molar-refractivity contribution in [1.82, 2.24) is 5.16 Å². The number of hydrogen-bond acceptors (Lipinski definition) is 6. The van der Waals surface area contributed by atoms with Gasteiger partial charge in [0.2, 0.25) is 0 Å². The van der Waals surface area contributed by atoms with E-state index >= 15 is 0 Å². The lowest BCUT2D eigenvalue weighted by Gasteiger charge is -2.03. The Balaban J connectivity index is 2.32.